The van der Waals surface area contributed by atoms with Crippen LogP contribution in [-0.2, 0) is 28.6 Å². The lowest BCUT2D eigenvalue weighted by atomic mass is 10.0. The molecule has 0 aliphatic rings. The minimum Gasteiger partial charge on any atom is -0.462 e. The van der Waals surface area contributed by atoms with Gasteiger partial charge in [-0.3, -0.25) is 14.4 Å². The van der Waals surface area contributed by atoms with E-state index in [9.17, 15) is 14.4 Å². The normalized spacial score (nSPS) is 12.6. The van der Waals surface area contributed by atoms with Crippen LogP contribution >= 0.6 is 0 Å². The van der Waals surface area contributed by atoms with Crippen molar-refractivity contribution in [3.8, 4) is 0 Å². The van der Waals surface area contributed by atoms with E-state index in [0.717, 1.165) is 116 Å². The van der Waals surface area contributed by atoms with E-state index >= 15 is 0 Å². The van der Waals surface area contributed by atoms with Gasteiger partial charge in [0.05, 0.1) is 0 Å². The van der Waals surface area contributed by atoms with Crippen molar-refractivity contribution in [2.75, 3.05) is 13.2 Å². The van der Waals surface area contributed by atoms with Crippen LogP contribution in [0.4, 0.5) is 0 Å². The molecule has 1 unspecified atom stereocenters. The Labute approximate surface area is 452 Å². The lowest BCUT2D eigenvalue weighted by molar-refractivity contribution is -0.167. The summed E-state index contributed by atoms with van der Waals surface area (Å²) in [6, 6.07) is 0. The molecule has 73 heavy (non-hydrogen) atoms. The molecule has 0 rings (SSSR count). The molecule has 420 valence electrons. The Hall–Kier alpha value is -3.41. The second kappa shape index (κ2) is 61.1. The summed E-state index contributed by atoms with van der Waals surface area (Å²) in [6.07, 6.45) is 80.4. The van der Waals surface area contributed by atoms with E-state index in [1.165, 1.54) is 148 Å². The predicted molar refractivity (Wildman–Crippen MR) is 316 cm³/mol. The molecule has 0 aliphatic heterocycles. The van der Waals surface area contributed by atoms with E-state index in [4.69, 9.17) is 14.2 Å². The van der Waals surface area contributed by atoms with Gasteiger partial charge in [0, 0.05) is 19.3 Å². The zero-order chi connectivity index (χ0) is 52.9. The highest BCUT2D eigenvalue weighted by Gasteiger charge is 2.19. The van der Waals surface area contributed by atoms with Crippen molar-refractivity contribution in [2.45, 2.75) is 309 Å². The van der Waals surface area contributed by atoms with Gasteiger partial charge in [-0.1, -0.05) is 273 Å². The van der Waals surface area contributed by atoms with Gasteiger partial charge in [0.15, 0.2) is 6.10 Å². The van der Waals surface area contributed by atoms with Crippen molar-refractivity contribution >= 4 is 17.9 Å². The summed E-state index contributed by atoms with van der Waals surface area (Å²) in [4.78, 5) is 38.0. The van der Waals surface area contributed by atoms with Gasteiger partial charge in [-0.05, 0) is 96.3 Å². The summed E-state index contributed by atoms with van der Waals surface area (Å²) in [6.45, 7) is 6.48. The fourth-order valence-corrected chi connectivity index (χ4v) is 8.74. The van der Waals surface area contributed by atoms with E-state index in [-0.39, 0.29) is 31.1 Å². The number of esters is 3. The van der Waals surface area contributed by atoms with Gasteiger partial charge in [0.1, 0.15) is 13.2 Å². The average Bonchev–Trinajstić information content (AvgIpc) is 3.39. The van der Waals surface area contributed by atoms with E-state index in [1.54, 1.807) is 0 Å². The quantitative estimate of drug-likeness (QED) is 0.0261. The van der Waals surface area contributed by atoms with Crippen LogP contribution in [0.3, 0.4) is 0 Å². The highest BCUT2D eigenvalue weighted by Crippen LogP contribution is 2.16. The van der Waals surface area contributed by atoms with Gasteiger partial charge in [-0.15, -0.1) is 0 Å². The van der Waals surface area contributed by atoms with Crippen LogP contribution in [-0.4, -0.2) is 37.2 Å². The molecule has 0 spiro atoms. The van der Waals surface area contributed by atoms with Crippen LogP contribution in [0, 0.1) is 0 Å². The number of carbonyl (C=O) groups is 3. The molecule has 0 aromatic rings. The molecule has 6 nitrogen and oxygen atoms in total. The zero-order valence-corrected chi connectivity index (χ0v) is 48.1. The average molecular weight is 1020 g/mol. The predicted octanol–water partition coefficient (Wildman–Crippen LogP) is 21.1. The Kier molecular flexibility index (Phi) is 58.3. The molecule has 0 aromatic heterocycles. The Morgan fingerprint density at radius 2 is 0.534 bits per heavy atom. The van der Waals surface area contributed by atoms with E-state index in [0.29, 0.717) is 19.3 Å². The van der Waals surface area contributed by atoms with Crippen LogP contribution < -0.4 is 0 Å². The highest BCUT2D eigenvalue weighted by molar-refractivity contribution is 5.71. The topological polar surface area (TPSA) is 78.9 Å². The van der Waals surface area contributed by atoms with Crippen LogP contribution in [0.25, 0.3) is 0 Å². The van der Waals surface area contributed by atoms with Gasteiger partial charge in [-0.2, -0.15) is 0 Å². The van der Waals surface area contributed by atoms with Crippen molar-refractivity contribution in [1.29, 1.82) is 0 Å². The number of hydrogen-bond acceptors (Lipinski definition) is 6. The van der Waals surface area contributed by atoms with Crippen molar-refractivity contribution in [1.82, 2.24) is 0 Å². The largest absolute Gasteiger partial charge is 0.462 e. The molecule has 0 aromatic carbocycles. The minimum atomic E-state index is -0.784. The van der Waals surface area contributed by atoms with Crippen LogP contribution in [0.5, 0.6) is 0 Å². The van der Waals surface area contributed by atoms with E-state index in [1.807, 2.05) is 0 Å². The highest BCUT2D eigenvalue weighted by atomic mass is 16.6. The first-order chi connectivity index (χ1) is 36.0. The summed E-state index contributed by atoms with van der Waals surface area (Å²) in [5.41, 5.74) is 0. The fraction of sp³-hybridized carbons (Fsp3) is 0.746. The molecule has 1 atom stereocenters. The first-order valence-corrected chi connectivity index (χ1v) is 31.1. The van der Waals surface area contributed by atoms with Crippen molar-refractivity contribution in [3.63, 3.8) is 0 Å². The number of ether oxygens (including phenoxy) is 3. The number of carbonyl (C=O) groups excluding carboxylic acids is 3. The Bertz CT molecular complexity index is 1400. The van der Waals surface area contributed by atoms with Crippen LogP contribution in [0.1, 0.15) is 303 Å². The third-order valence-corrected chi connectivity index (χ3v) is 13.4. The van der Waals surface area contributed by atoms with Crippen molar-refractivity contribution in [3.05, 3.63) is 85.1 Å². The molecule has 0 bridgehead atoms. The maximum absolute atomic E-state index is 12.8. The van der Waals surface area contributed by atoms with Crippen molar-refractivity contribution < 1.29 is 28.6 Å². The molecule has 0 amide bonds. The van der Waals surface area contributed by atoms with Crippen LogP contribution in [0.2, 0.25) is 0 Å². The van der Waals surface area contributed by atoms with Gasteiger partial charge in [0.2, 0.25) is 0 Å². The molecule has 0 saturated carbocycles. The Balaban J connectivity index is 4.15. The molecule has 6 heteroatoms. The molecule has 0 aliphatic carbocycles. The smallest absolute Gasteiger partial charge is 0.306 e. The van der Waals surface area contributed by atoms with Gasteiger partial charge in [0.25, 0.3) is 0 Å². The summed E-state index contributed by atoms with van der Waals surface area (Å²) < 4.78 is 16.8. The lowest BCUT2D eigenvalue weighted by Crippen LogP contribution is -2.30. The lowest BCUT2D eigenvalue weighted by Gasteiger charge is -2.18. The monoisotopic (exact) mass is 1020 g/mol. The fourth-order valence-electron chi connectivity index (χ4n) is 8.74. The first-order valence-electron chi connectivity index (χ1n) is 31.1. The second-order valence-electron chi connectivity index (χ2n) is 20.6. The number of rotatable bonds is 56. The standard InChI is InChI=1S/C67H116O6/c1-4-7-10-13-16-18-20-22-24-26-28-30-31-32-33-34-35-37-38-40-42-44-46-48-51-54-57-60-66(69)72-63-64(62-71-65(68)59-56-53-50-15-12-9-6-3)73-67(70)61-58-55-52-49-47-45-43-41-39-36-29-27-25-23-21-19-17-14-11-8-5-2/h8,11,17,19-20,22-23,25-26,28-29,36,41,43,64H,4-7,9-10,12-16,18,21,24,27,30-35,37-40,42,44-63H2,1-3H3/b11-8-,19-17-,22-20-,25-23-,28-26-,36-29-,43-41-. The second-order valence-corrected chi connectivity index (χ2v) is 20.6. The maximum atomic E-state index is 12.8. The summed E-state index contributed by atoms with van der Waals surface area (Å²) in [7, 11) is 0. The summed E-state index contributed by atoms with van der Waals surface area (Å²) in [5.74, 6) is -0.900. The minimum absolute atomic E-state index is 0.0826. The van der Waals surface area contributed by atoms with Gasteiger partial charge in [-0.25, -0.2) is 0 Å². The molecular formula is C67H116O6. The Morgan fingerprint density at radius 1 is 0.288 bits per heavy atom. The molecule has 0 heterocycles. The SMILES string of the molecule is CC/C=C\C/C=C\C/C=C\C/C=C\C/C=C\CCCCCCCC(=O)OC(COC(=O)CCCCCCCCC)COC(=O)CCCCCCCCCCCCCCCCC/C=C\C/C=C\CCCCCCC. The zero-order valence-electron chi connectivity index (χ0n) is 48.1. The third-order valence-electron chi connectivity index (χ3n) is 13.4. The van der Waals surface area contributed by atoms with E-state index < -0.39 is 6.10 Å². The molecule has 0 saturated heterocycles. The number of unbranched alkanes of at least 4 members (excludes halogenated alkanes) is 31. The summed E-state index contributed by atoms with van der Waals surface area (Å²) in [5, 5.41) is 0. The summed E-state index contributed by atoms with van der Waals surface area (Å²) >= 11 is 0. The first kappa shape index (κ1) is 69.6. The van der Waals surface area contributed by atoms with E-state index in [2.05, 4.69) is 106 Å². The number of hydrogen-bond donors (Lipinski definition) is 0. The molecule has 0 fully saturated rings. The number of allylic oxidation sites excluding steroid dienone is 14. The maximum Gasteiger partial charge on any atom is 0.306 e. The molecular weight excluding hydrogens is 901 g/mol. The Morgan fingerprint density at radius 3 is 0.836 bits per heavy atom. The molecule has 0 radical (unpaired) electrons. The van der Waals surface area contributed by atoms with Crippen LogP contribution in [0.15, 0.2) is 85.1 Å². The van der Waals surface area contributed by atoms with Gasteiger partial charge < -0.3 is 14.2 Å². The van der Waals surface area contributed by atoms with Crippen molar-refractivity contribution in [2.24, 2.45) is 0 Å². The van der Waals surface area contributed by atoms with Gasteiger partial charge >= 0.3 is 17.9 Å². The third kappa shape index (κ3) is 59.3. The molecule has 0 N–H and O–H groups in total.